The molecule has 9 heteroatoms. The first-order chi connectivity index (χ1) is 12.0. The number of nitrogens with zero attached hydrogens (tertiary/aromatic N) is 3. The van der Waals surface area contributed by atoms with Gasteiger partial charge in [-0.2, -0.15) is 5.10 Å². The summed E-state index contributed by atoms with van der Waals surface area (Å²) in [7, 11) is 0. The Hall–Kier alpha value is -3.75. The topological polar surface area (TPSA) is 126 Å². The number of nitrogens with one attached hydrogen (secondary N) is 2. The Bertz CT molecular complexity index is 974. The number of rotatable bonds is 5. The molecule has 2 N–H and O–H groups in total. The Morgan fingerprint density at radius 1 is 1.12 bits per heavy atom. The summed E-state index contributed by atoms with van der Waals surface area (Å²) in [5.41, 5.74) is 3.48. The van der Waals surface area contributed by atoms with E-state index >= 15 is 0 Å². The quantitative estimate of drug-likeness (QED) is 0.416. The van der Waals surface area contributed by atoms with E-state index in [1.165, 1.54) is 18.3 Å². The average Bonchev–Trinajstić information content (AvgIpc) is 2.98. The second-order valence-electron chi connectivity index (χ2n) is 5.35. The molecular formula is C16H13N5O4. The van der Waals surface area contributed by atoms with Crippen LogP contribution in [0.4, 0.5) is 17.1 Å². The fourth-order valence-electron chi connectivity index (χ4n) is 2.52. The molecule has 1 heterocycles. The van der Waals surface area contributed by atoms with Crippen molar-refractivity contribution in [1.29, 1.82) is 0 Å². The van der Waals surface area contributed by atoms with Crippen LogP contribution in [0.15, 0.2) is 47.7 Å². The van der Waals surface area contributed by atoms with Gasteiger partial charge in [0.25, 0.3) is 0 Å². The second kappa shape index (κ2) is 6.40. The Kier molecular flexibility index (Phi) is 4.12. The number of anilines is 1. The maximum Gasteiger partial charge on any atom is 0.301 e. The van der Waals surface area contributed by atoms with E-state index in [4.69, 9.17) is 0 Å². The summed E-state index contributed by atoms with van der Waals surface area (Å²) in [4.78, 5) is 24.1. The van der Waals surface area contributed by atoms with Crippen LogP contribution in [0.2, 0.25) is 0 Å². The maximum absolute atomic E-state index is 11.2. The lowest BCUT2D eigenvalue weighted by Gasteiger charge is -2.04. The van der Waals surface area contributed by atoms with Crippen molar-refractivity contribution < 1.29 is 9.85 Å². The van der Waals surface area contributed by atoms with Gasteiger partial charge in [0.15, 0.2) is 0 Å². The molecule has 3 rings (SSSR count). The summed E-state index contributed by atoms with van der Waals surface area (Å²) in [6.07, 6.45) is 3.18. The fraction of sp³-hybridized carbons (Fsp3) is 0.0625. The monoisotopic (exact) mass is 339 g/mol. The zero-order valence-electron chi connectivity index (χ0n) is 13.1. The molecule has 0 saturated carbocycles. The van der Waals surface area contributed by atoms with Crippen molar-refractivity contribution in [3.8, 4) is 0 Å². The lowest BCUT2D eigenvalue weighted by atomic mass is 10.1. The Balaban J connectivity index is 1.97. The van der Waals surface area contributed by atoms with Crippen LogP contribution in [0, 0.1) is 27.2 Å². The van der Waals surface area contributed by atoms with Gasteiger partial charge in [-0.15, -0.1) is 0 Å². The van der Waals surface area contributed by atoms with Crippen LogP contribution in [-0.2, 0) is 0 Å². The molecule has 3 aromatic rings. The maximum atomic E-state index is 11.2. The predicted molar refractivity (Wildman–Crippen MR) is 94.0 cm³/mol. The third kappa shape index (κ3) is 3.15. The summed E-state index contributed by atoms with van der Waals surface area (Å²) in [6, 6.07) is 10.1. The number of aryl methyl sites for hydroxylation is 1. The molecule has 0 saturated heterocycles. The summed E-state index contributed by atoms with van der Waals surface area (Å²) in [5.74, 6) is 0. The number of hydrogen-bond donors (Lipinski definition) is 2. The van der Waals surface area contributed by atoms with Crippen molar-refractivity contribution >= 4 is 34.2 Å². The van der Waals surface area contributed by atoms with Crippen LogP contribution >= 0.6 is 0 Å². The van der Waals surface area contributed by atoms with Crippen molar-refractivity contribution in [2.45, 2.75) is 6.92 Å². The number of aromatic nitrogens is 1. The molecule has 0 radical (unpaired) electrons. The predicted octanol–water partition coefficient (Wildman–Crippen LogP) is 3.74. The lowest BCUT2D eigenvalue weighted by molar-refractivity contribution is -0.392. The number of nitro benzene ring substituents is 2. The van der Waals surface area contributed by atoms with Crippen molar-refractivity contribution in [2.24, 2.45) is 5.10 Å². The highest BCUT2D eigenvalue weighted by Crippen LogP contribution is 2.35. The smallest absolute Gasteiger partial charge is 0.301 e. The molecule has 0 aliphatic carbocycles. The summed E-state index contributed by atoms with van der Waals surface area (Å²) < 4.78 is 0. The minimum absolute atomic E-state index is 0.253. The number of hydrogen-bond acceptors (Lipinski definition) is 6. The first kappa shape index (κ1) is 16.1. The summed E-state index contributed by atoms with van der Waals surface area (Å²) in [5, 5.41) is 27.3. The Labute approximate surface area is 141 Å². The van der Waals surface area contributed by atoms with Gasteiger partial charge in [0.1, 0.15) is 0 Å². The van der Waals surface area contributed by atoms with Crippen molar-refractivity contribution in [3.05, 3.63) is 74.0 Å². The van der Waals surface area contributed by atoms with Crippen LogP contribution in [0.5, 0.6) is 0 Å². The van der Waals surface area contributed by atoms with E-state index in [2.05, 4.69) is 15.5 Å². The molecule has 0 amide bonds. The van der Waals surface area contributed by atoms with Crippen LogP contribution in [0.1, 0.15) is 11.1 Å². The zero-order valence-corrected chi connectivity index (χ0v) is 13.1. The zero-order chi connectivity index (χ0) is 18.0. The molecule has 25 heavy (non-hydrogen) atoms. The van der Waals surface area contributed by atoms with Crippen molar-refractivity contribution in [3.63, 3.8) is 0 Å². The molecule has 0 atom stereocenters. The number of nitro groups is 2. The van der Waals surface area contributed by atoms with Gasteiger partial charge in [-0.3, -0.25) is 25.7 Å². The van der Waals surface area contributed by atoms with Gasteiger partial charge in [-0.05, 0) is 18.6 Å². The van der Waals surface area contributed by atoms with Crippen LogP contribution < -0.4 is 5.43 Å². The minimum atomic E-state index is -0.677. The third-order valence-electron chi connectivity index (χ3n) is 3.64. The van der Waals surface area contributed by atoms with Crippen LogP contribution in [0.25, 0.3) is 10.9 Å². The number of fused-ring (bicyclic) bond motifs is 1. The first-order valence-electron chi connectivity index (χ1n) is 7.26. The van der Waals surface area contributed by atoms with E-state index in [9.17, 15) is 20.2 Å². The molecule has 2 aromatic carbocycles. The molecule has 0 aliphatic rings. The highest BCUT2D eigenvalue weighted by atomic mass is 16.6. The largest absolute Gasteiger partial charge is 0.361 e. The first-order valence-corrected chi connectivity index (χ1v) is 7.26. The van der Waals surface area contributed by atoms with Crippen LogP contribution in [0.3, 0.4) is 0 Å². The number of H-pyrrole nitrogens is 1. The number of aromatic amines is 1. The minimum Gasteiger partial charge on any atom is -0.361 e. The van der Waals surface area contributed by atoms with Gasteiger partial charge in [0, 0.05) is 34.8 Å². The van der Waals surface area contributed by atoms with E-state index in [1.807, 2.05) is 24.3 Å². The summed E-state index contributed by atoms with van der Waals surface area (Å²) >= 11 is 0. The van der Waals surface area contributed by atoms with Gasteiger partial charge < -0.3 is 4.98 Å². The van der Waals surface area contributed by atoms with E-state index in [1.54, 1.807) is 13.1 Å². The molecule has 0 bridgehead atoms. The number of para-hydroxylation sites is 1. The molecule has 0 spiro atoms. The number of hydrazone groups is 1. The van der Waals surface area contributed by atoms with Crippen LogP contribution in [-0.4, -0.2) is 21.0 Å². The van der Waals surface area contributed by atoms with Crippen molar-refractivity contribution in [1.82, 2.24) is 4.98 Å². The molecular weight excluding hydrogens is 326 g/mol. The van der Waals surface area contributed by atoms with Crippen molar-refractivity contribution in [2.75, 3.05) is 5.43 Å². The molecule has 126 valence electrons. The Morgan fingerprint density at radius 3 is 2.40 bits per heavy atom. The van der Waals surface area contributed by atoms with Gasteiger partial charge in [-0.1, -0.05) is 18.2 Å². The van der Waals surface area contributed by atoms with Gasteiger partial charge in [0.2, 0.25) is 5.69 Å². The average molecular weight is 339 g/mol. The number of benzene rings is 2. The van der Waals surface area contributed by atoms with E-state index in [-0.39, 0.29) is 5.69 Å². The molecule has 9 nitrogen and oxygen atoms in total. The third-order valence-corrected chi connectivity index (χ3v) is 3.64. The Morgan fingerprint density at radius 2 is 1.76 bits per heavy atom. The van der Waals surface area contributed by atoms with Gasteiger partial charge in [0.05, 0.1) is 16.1 Å². The molecule has 0 fully saturated rings. The highest BCUT2D eigenvalue weighted by molar-refractivity contribution is 5.99. The van der Waals surface area contributed by atoms with E-state index in [0.717, 1.165) is 16.5 Å². The van der Waals surface area contributed by atoms with Gasteiger partial charge >= 0.3 is 11.4 Å². The fourth-order valence-corrected chi connectivity index (χ4v) is 2.52. The van der Waals surface area contributed by atoms with E-state index in [0.29, 0.717) is 5.56 Å². The highest BCUT2D eigenvalue weighted by Gasteiger charge is 2.25. The SMILES string of the molecule is Cc1cc([N+](=O)[O-])c(NN=Cc2c[nH]c3ccccc23)c([N+](=O)[O-])c1. The normalized spacial score (nSPS) is 11.1. The van der Waals surface area contributed by atoms with E-state index < -0.39 is 21.2 Å². The molecule has 1 aromatic heterocycles. The molecule has 0 unspecified atom stereocenters. The standard InChI is InChI=1S/C16H13N5O4/c1-10-6-14(20(22)23)16(15(7-10)21(24)25)19-18-9-11-8-17-13-5-3-2-4-12(11)13/h2-9,17,19H,1H3. The van der Waals surface area contributed by atoms with Gasteiger partial charge in [-0.25, -0.2) is 0 Å². The second-order valence-corrected chi connectivity index (χ2v) is 5.35. The molecule has 0 aliphatic heterocycles. The summed E-state index contributed by atoms with van der Waals surface area (Å²) in [6.45, 7) is 1.55. The lowest BCUT2D eigenvalue weighted by Crippen LogP contribution is -2.02.